The van der Waals surface area contributed by atoms with E-state index in [1.54, 1.807) is 28.4 Å². The van der Waals surface area contributed by atoms with Crippen LogP contribution >= 0.6 is 0 Å². The molecule has 1 atom stereocenters. The minimum Gasteiger partial charge on any atom is -0.493 e. The quantitative estimate of drug-likeness (QED) is 0.809. The average Bonchev–Trinajstić information content (AvgIpc) is 2.37. The van der Waals surface area contributed by atoms with Crippen LogP contribution in [0.25, 0.3) is 0 Å². The van der Waals surface area contributed by atoms with Crippen molar-refractivity contribution in [3.8, 4) is 17.2 Å². The van der Waals surface area contributed by atoms with Crippen LogP contribution in [0.4, 0.5) is 5.69 Å². The Hall–Kier alpha value is -1.62. The number of anilines is 1. The van der Waals surface area contributed by atoms with Crippen molar-refractivity contribution in [3.05, 3.63) is 12.1 Å². The predicted molar refractivity (Wildman–Crippen MR) is 71.1 cm³/mol. The predicted octanol–water partition coefficient (Wildman–Crippen LogP) is 2.16. The summed E-state index contributed by atoms with van der Waals surface area (Å²) in [7, 11) is 6.45. The van der Waals surface area contributed by atoms with Gasteiger partial charge in [0.25, 0.3) is 0 Å². The maximum atomic E-state index is 5.28. The van der Waals surface area contributed by atoms with Gasteiger partial charge in [0, 0.05) is 31.0 Å². The van der Waals surface area contributed by atoms with Gasteiger partial charge in [0.05, 0.1) is 27.9 Å². The van der Waals surface area contributed by atoms with Crippen LogP contribution in [0, 0.1) is 0 Å². The van der Waals surface area contributed by atoms with Crippen LogP contribution < -0.4 is 19.5 Å². The first kappa shape index (κ1) is 14.4. The van der Waals surface area contributed by atoms with E-state index in [9.17, 15) is 0 Å². The van der Waals surface area contributed by atoms with Gasteiger partial charge in [0.1, 0.15) is 0 Å². The van der Waals surface area contributed by atoms with Crippen molar-refractivity contribution in [2.24, 2.45) is 0 Å². The normalized spacial score (nSPS) is 11.8. The molecule has 0 spiro atoms. The van der Waals surface area contributed by atoms with Gasteiger partial charge in [-0.25, -0.2) is 0 Å². The molecule has 1 rings (SSSR count). The van der Waals surface area contributed by atoms with Crippen LogP contribution in [0.1, 0.15) is 6.92 Å². The first-order chi connectivity index (χ1) is 8.65. The fourth-order valence-electron chi connectivity index (χ4n) is 1.74. The molecule has 0 aromatic heterocycles. The van der Waals surface area contributed by atoms with Gasteiger partial charge in [0.15, 0.2) is 11.5 Å². The number of rotatable bonds is 7. The number of ether oxygens (including phenoxy) is 4. The van der Waals surface area contributed by atoms with Gasteiger partial charge in [-0.3, -0.25) is 0 Å². The summed E-state index contributed by atoms with van der Waals surface area (Å²) in [6.07, 6.45) is 0. The Labute approximate surface area is 108 Å². The third kappa shape index (κ3) is 3.43. The third-order valence-corrected chi connectivity index (χ3v) is 2.49. The first-order valence-corrected chi connectivity index (χ1v) is 5.71. The van der Waals surface area contributed by atoms with E-state index in [1.807, 2.05) is 19.1 Å². The smallest absolute Gasteiger partial charge is 0.203 e. The Morgan fingerprint density at radius 2 is 1.56 bits per heavy atom. The van der Waals surface area contributed by atoms with Gasteiger partial charge >= 0.3 is 0 Å². The summed E-state index contributed by atoms with van der Waals surface area (Å²) in [5.74, 6) is 1.85. The summed E-state index contributed by atoms with van der Waals surface area (Å²) in [5, 5.41) is 3.30. The number of methoxy groups -OCH3 is 4. The molecule has 0 bridgehead atoms. The third-order valence-electron chi connectivity index (χ3n) is 2.49. The van der Waals surface area contributed by atoms with Gasteiger partial charge in [-0.2, -0.15) is 0 Å². The minimum absolute atomic E-state index is 0.192. The van der Waals surface area contributed by atoms with E-state index in [-0.39, 0.29) is 6.04 Å². The largest absolute Gasteiger partial charge is 0.493 e. The zero-order valence-corrected chi connectivity index (χ0v) is 11.6. The zero-order chi connectivity index (χ0) is 13.5. The Kier molecular flexibility index (Phi) is 5.58. The number of nitrogens with one attached hydrogen (secondary N) is 1. The molecule has 0 aliphatic carbocycles. The van der Waals surface area contributed by atoms with Crippen molar-refractivity contribution in [3.63, 3.8) is 0 Å². The van der Waals surface area contributed by atoms with Crippen LogP contribution in [-0.4, -0.2) is 41.1 Å². The van der Waals surface area contributed by atoms with Crippen LogP contribution in [0.3, 0.4) is 0 Å². The number of hydrogen-bond donors (Lipinski definition) is 1. The number of hydrogen-bond acceptors (Lipinski definition) is 5. The van der Waals surface area contributed by atoms with Crippen molar-refractivity contribution in [2.45, 2.75) is 13.0 Å². The molecule has 18 heavy (non-hydrogen) atoms. The van der Waals surface area contributed by atoms with Gasteiger partial charge in [-0.15, -0.1) is 0 Å². The monoisotopic (exact) mass is 255 g/mol. The summed E-state index contributed by atoms with van der Waals surface area (Å²) in [5.41, 5.74) is 0.897. The molecule has 0 radical (unpaired) electrons. The van der Waals surface area contributed by atoms with Crippen molar-refractivity contribution in [1.29, 1.82) is 0 Å². The Balaban J connectivity index is 2.99. The lowest BCUT2D eigenvalue weighted by atomic mass is 10.2. The molecule has 0 aliphatic heterocycles. The van der Waals surface area contributed by atoms with Crippen LogP contribution in [0.5, 0.6) is 17.2 Å². The second-order valence-corrected chi connectivity index (χ2v) is 3.91. The standard InChI is InChI=1S/C13H21NO4/c1-9(8-15-2)14-10-6-11(16-3)13(18-5)12(7-10)17-4/h6-7,9,14H,8H2,1-5H3. The fraction of sp³-hybridized carbons (Fsp3) is 0.538. The molecule has 0 amide bonds. The second-order valence-electron chi connectivity index (χ2n) is 3.91. The summed E-state index contributed by atoms with van der Waals surface area (Å²) in [4.78, 5) is 0. The van der Waals surface area contributed by atoms with Gasteiger partial charge in [-0.05, 0) is 6.92 Å². The molecule has 0 fully saturated rings. The highest BCUT2D eigenvalue weighted by Crippen LogP contribution is 2.39. The zero-order valence-electron chi connectivity index (χ0n) is 11.6. The summed E-state index contributed by atoms with van der Waals surface area (Å²) in [6.45, 7) is 2.66. The molecule has 0 saturated heterocycles. The highest BCUT2D eigenvalue weighted by atomic mass is 16.5. The Bertz CT molecular complexity index is 356. The molecule has 1 unspecified atom stereocenters. The fourth-order valence-corrected chi connectivity index (χ4v) is 1.74. The summed E-state index contributed by atoms with van der Waals surface area (Å²) in [6, 6.07) is 3.93. The van der Waals surface area contributed by atoms with Crippen molar-refractivity contribution < 1.29 is 18.9 Å². The van der Waals surface area contributed by atoms with E-state index in [0.29, 0.717) is 23.9 Å². The first-order valence-electron chi connectivity index (χ1n) is 5.71. The van der Waals surface area contributed by atoms with Gasteiger partial charge in [0.2, 0.25) is 5.75 Å². The lowest BCUT2D eigenvalue weighted by molar-refractivity contribution is 0.190. The van der Waals surface area contributed by atoms with Gasteiger partial charge < -0.3 is 24.3 Å². The highest BCUT2D eigenvalue weighted by molar-refractivity contribution is 5.62. The van der Waals surface area contributed by atoms with E-state index >= 15 is 0 Å². The molecule has 102 valence electrons. The molecule has 0 aliphatic rings. The highest BCUT2D eigenvalue weighted by Gasteiger charge is 2.13. The maximum absolute atomic E-state index is 5.28. The molecule has 5 heteroatoms. The van der Waals surface area contributed by atoms with E-state index in [0.717, 1.165) is 5.69 Å². The minimum atomic E-state index is 0.192. The molecule has 1 N–H and O–H groups in total. The SMILES string of the molecule is COCC(C)Nc1cc(OC)c(OC)c(OC)c1. The average molecular weight is 255 g/mol. The van der Waals surface area contributed by atoms with E-state index in [2.05, 4.69) is 5.32 Å². The second kappa shape index (κ2) is 6.96. The number of benzene rings is 1. The molecule has 1 aromatic carbocycles. The van der Waals surface area contributed by atoms with E-state index in [4.69, 9.17) is 18.9 Å². The van der Waals surface area contributed by atoms with Crippen molar-refractivity contribution in [2.75, 3.05) is 40.4 Å². The molecule has 1 aromatic rings. The molecule has 0 saturated carbocycles. The molecular formula is C13H21NO4. The lowest BCUT2D eigenvalue weighted by Gasteiger charge is -2.18. The van der Waals surface area contributed by atoms with Crippen molar-refractivity contribution in [1.82, 2.24) is 0 Å². The summed E-state index contributed by atoms with van der Waals surface area (Å²) < 4.78 is 20.9. The Morgan fingerprint density at radius 1 is 1.00 bits per heavy atom. The molecule has 5 nitrogen and oxygen atoms in total. The molecular weight excluding hydrogens is 234 g/mol. The van der Waals surface area contributed by atoms with Crippen molar-refractivity contribution >= 4 is 5.69 Å². The van der Waals surface area contributed by atoms with Crippen LogP contribution in [-0.2, 0) is 4.74 Å². The van der Waals surface area contributed by atoms with Gasteiger partial charge in [-0.1, -0.05) is 0 Å². The van der Waals surface area contributed by atoms with Crippen LogP contribution in [0.2, 0.25) is 0 Å². The van der Waals surface area contributed by atoms with Crippen LogP contribution in [0.15, 0.2) is 12.1 Å². The van der Waals surface area contributed by atoms with E-state index in [1.165, 1.54) is 0 Å². The molecule has 0 heterocycles. The Morgan fingerprint density at radius 3 is 1.94 bits per heavy atom. The topological polar surface area (TPSA) is 49.0 Å². The lowest BCUT2D eigenvalue weighted by Crippen LogP contribution is -2.20. The van der Waals surface area contributed by atoms with E-state index < -0.39 is 0 Å². The maximum Gasteiger partial charge on any atom is 0.203 e. The summed E-state index contributed by atoms with van der Waals surface area (Å²) >= 11 is 0.